The third kappa shape index (κ3) is 5.32. The molecule has 0 spiro atoms. The second-order valence-electron chi connectivity index (χ2n) is 6.67. The molecule has 0 aliphatic carbocycles. The number of aromatic nitrogens is 1. The largest absolute Gasteiger partial charge is 0.482 e. The van der Waals surface area contributed by atoms with Crippen LogP contribution in [0.5, 0.6) is 5.75 Å². The molecule has 1 heterocycles. The number of ether oxygens (including phenoxy) is 1. The van der Waals surface area contributed by atoms with Gasteiger partial charge in [-0.25, -0.2) is 9.37 Å². The molecule has 7 nitrogen and oxygen atoms in total. The summed E-state index contributed by atoms with van der Waals surface area (Å²) in [6.45, 7) is 0.0872. The number of nitro benzene ring substituents is 1. The Morgan fingerprint density at radius 3 is 2.66 bits per heavy atom. The minimum Gasteiger partial charge on any atom is -0.482 e. The number of nitrogens with one attached hydrogen (secondary N) is 1. The maximum Gasteiger partial charge on any atom is 0.311 e. The van der Waals surface area contributed by atoms with Crippen molar-refractivity contribution in [2.24, 2.45) is 5.10 Å². The number of halogens is 1. The highest BCUT2D eigenvalue weighted by molar-refractivity contribution is 7.14. The number of hydrogen-bond acceptors (Lipinski definition) is 7. The molecule has 0 amide bonds. The zero-order chi connectivity index (χ0) is 22.3. The van der Waals surface area contributed by atoms with E-state index in [-0.39, 0.29) is 23.9 Å². The Balaban J connectivity index is 1.42. The molecule has 0 fully saturated rings. The van der Waals surface area contributed by atoms with Gasteiger partial charge in [0, 0.05) is 22.6 Å². The van der Waals surface area contributed by atoms with E-state index in [4.69, 9.17) is 4.74 Å². The van der Waals surface area contributed by atoms with E-state index >= 15 is 0 Å². The molecule has 0 radical (unpaired) electrons. The van der Waals surface area contributed by atoms with Gasteiger partial charge in [-0.15, -0.1) is 11.3 Å². The van der Waals surface area contributed by atoms with Crippen molar-refractivity contribution >= 4 is 28.4 Å². The summed E-state index contributed by atoms with van der Waals surface area (Å²) in [5.74, 6) is -0.233. The van der Waals surface area contributed by atoms with Crippen LogP contribution in [0.25, 0.3) is 11.3 Å². The van der Waals surface area contributed by atoms with Gasteiger partial charge < -0.3 is 4.74 Å². The van der Waals surface area contributed by atoms with E-state index in [1.54, 1.807) is 18.2 Å². The summed E-state index contributed by atoms with van der Waals surface area (Å²) in [4.78, 5) is 15.4. The smallest absolute Gasteiger partial charge is 0.311 e. The molecule has 9 heteroatoms. The summed E-state index contributed by atoms with van der Waals surface area (Å²) in [5.41, 5.74) is 5.73. The second kappa shape index (κ2) is 9.80. The number of anilines is 1. The predicted octanol–water partition coefficient (Wildman–Crippen LogP) is 5.88. The minimum atomic E-state index is -0.516. The molecule has 0 unspecified atom stereocenters. The van der Waals surface area contributed by atoms with Crippen LogP contribution in [0, 0.1) is 15.9 Å². The van der Waals surface area contributed by atoms with Gasteiger partial charge in [-0.2, -0.15) is 5.10 Å². The number of hydrogen-bond donors (Lipinski definition) is 1. The lowest BCUT2D eigenvalue weighted by atomic mass is 10.2. The molecule has 0 bridgehead atoms. The second-order valence-corrected chi connectivity index (χ2v) is 7.53. The van der Waals surface area contributed by atoms with E-state index < -0.39 is 4.92 Å². The van der Waals surface area contributed by atoms with E-state index in [1.165, 1.54) is 41.8 Å². The minimum absolute atomic E-state index is 0.0872. The lowest BCUT2D eigenvalue weighted by Gasteiger charge is -2.07. The standard InChI is InChI=1S/C23H17FN4O3S/c24-19-9-6-16(7-10-19)14-31-22-11-8-17(12-21(22)28(29)30)13-25-27-23-26-20(15-32-23)18-4-2-1-3-5-18/h1-13,15H,14H2,(H,26,27). The molecule has 32 heavy (non-hydrogen) atoms. The Morgan fingerprint density at radius 1 is 1.12 bits per heavy atom. The zero-order valence-electron chi connectivity index (χ0n) is 16.6. The van der Waals surface area contributed by atoms with Gasteiger partial charge in [-0.3, -0.25) is 15.5 Å². The van der Waals surface area contributed by atoms with Crippen molar-refractivity contribution in [2.75, 3.05) is 5.43 Å². The van der Waals surface area contributed by atoms with Crippen LogP contribution in [0.4, 0.5) is 15.2 Å². The highest BCUT2D eigenvalue weighted by Crippen LogP contribution is 2.29. The SMILES string of the molecule is O=[N+]([O-])c1cc(C=NNc2nc(-c3ccccc3)cs2)ccc1OCc1ccc(F)cc1. The van der Waals surface area contributed by atoms with Crippen molar-refractivity contribution in [3.05, 3.63) is 105 Å². The normalized spacial score (nSPS) is 10.9. The van der Waals surface area contributed by atoms with E-state index in [1.807, 2.05) is 35.7 Å². The quantitative estimate of drug-likeness (QED) is 0.206. The van der Waals surface area contributed by atoms with Gasteiger partial charge in [0.05, 0.1) is 16.8 Å². The summed E-state index contributed by atoms with van der Waals surface area (Å²) in [6.07, 6.45) is 1.47. The maximum atomic E-state index is 13.0. The summed E-state index contributed by atoms with van der Waals surface area (Å²) < 4.78 is 18.6. The Bertz CT molecular complexity index is 1240. The van der Waals surface area contributed by atoms with Gasteiger partial charge in [-0.05, 0) is 29.8 Å². The monoisotopic (exact) mass is 448 g/mol. The molecule has 0 saturated heterocycles. The van der Waals surface area contributed by atoms with E-state index in [2.05, 4.69) is 15.5 Å². The number of nitrogens with zero attached hydrogens (tertiary/aromatic N) is 3. The molecule has 3 aromatic carbocycles. The van der Waals surface area contributed by atoms with Crippen molar-refractivity contribution in [1.82, 2.24) is 4.98 Å². The van der Waals surface area contributed by atoms with Crippen LogP contribution < -0.4 is 10.2 Å². The summed E-state index contributed by atoms with van der Waals surface area (Å²) in [5, 5.41) is 18.1. The summed E-state index contributed by atoms with van der Waals surface area (Å²) in [6, 6.07) is 20.1. The van der Waals surface area contributed by atoms with Crippen LogP contribution in [0.1, 0.15) is 11.1 Å². The molecule has 160 valence electrons. The lowest BCUT2D eigenvalue weighted by molar-refractivity contribution is -0.385. The fourth-order valence-electron chi connectivity index (χ4n) is 2.85. The fourth-order valence-corrected chi connectivity index (χ4v) is 3.52. The van der Waals surface area contributed by atoms with Crippen molar-refractivity contribution in [3.8, 4) is 17.0 Å². The van der Waals surface area contributed by atoms with Crippen LogP contribution >= 0.6 is 11.3 Å². The van der Waals surface area contributed by atoms with Gasteiger partial charge in [0.2, 0.25) is 5.13 Å². The van der Waals surface area contributed by atoms with E-state index in [0.717, 1.165) is 11.3 Å². The molecule has 0 aliphatic rings. The number of benzene rings is 3. The number of nitro groups is 1. The van der Waals surface area contributed by atoms with Crippen molar-refractivity contribution in [1.29, 1.82) is 0 Å². The van der Waals surface area contributed by atoms with Gasteiger partial charge >= 0.3 is 5.69 Å². The Morgan fingerprint density at radius 2 is 1.91 bits per heavy atom. The molecule has 0 aliphatic heterocycles. The molecule has 0 saturated carbocycles. The predicted molar refractivity (Wildman–Crippen MR) is 123 cm³/mol. The third-order valence-electron chi connectivity index (χ3n) is 4.43. The Labute approximate surface area is 187 Å². The van der Waals surface area contributed by atoms with Crippen molar-refractivity contribution in [2.45, 2.75) is 6.61 Å². The third-order valence-corrected chi connectivity index (χ3v) is 5.18. The molecule has 4 aromatic rings. The zero-order valence-corrected chi connectivity index (χ0v) is 17.5. The lowest BCUT2D eigenvalue weighted by Crippen LogP contribution is -2.00. The number of thiazole rings is 1. The first-order chi connectivity index (χ1) is 15.6. The average Bonchev–Trinajstić information content (AvgIpc) is 3.28. The molecule has 1 N–H and O–H groups in total. The van der Waals surface area contributed by atoms with E-state index in [9.17, 15) is 14.5 Å². The molecular formula is C23H17FN4O3S. The first-order valence-electron chi connectivity index (χ1n) is 9.54. The highest BCUT2D eigenvalue weighted by Gasteiger charge is 2.16. The topological polar surface area (TPSA) is 89.7 Å². The number of rotatable bonds is 8. The van der Waals surface area contributed by atoms with Crippen molar-refractivity contribution in [3.63, 3.8) is 0 Å². The fraction of sp³-hybridized carbons (Fsp3) is 0.0435. The first-order valence-corrected chi connectivity index (χ1v) is 10.4. The molecular weight excluding hydrogens is 431 g/mol. The number of hydrazone groups is 1. The van der Waals surface area contributed by atoms with Crippen molar-refractivity contribution < 1.29 is 14.1 Å². The van der Waals surface area contributed by atoms with Crippen LogP contribution in [-0.4, -0.2) is 16.1 Å². The maximum absolute atomic E-state index is 13.0. The van der Waals surface area contributed by atoms with Crippen LogP contribution in [0.2, 0.25) is 0 Å². The van der Waals surface area contributed by atoms with Crippen LogP contribution in [0.3, 0.4) is 0 Å². The molecule has 0 atom stereocenters. The van der Waals surface area contributed by atoms with Gasteiger partial charge in [-0.1, -0.05) is 42.5 Å². The summed E-state index contributed by atoms with van der Waals surface area (Å²) >= 11 is 1.41. The summed E-state index contributed by atoms with van der Waals surface area (Å²) in [7, 11) is 0. The van der Waals surface area contributed by atoms with Crippen LogP contribution in [-0.2, 0) is 6.61 Å². The van der Waals surface area contributed by atoms with E-state index in [0.29, 0.717) is 16.3 Å². The van der Waals surface area contributed by atoms with Gasteiger partial charge in [0.15, 0.2) is 5.75 Å². The van der Waals surface area contributed by atoms with Gasteiger partial charge in [0.25, 0.3) is 0 Å². The van der Waals surface area contributed by atoms with Crippen LogP contribution in [0.15, 0.2) is 83.3 Å². The molecule has 4 rings (SSSR count). The Hall–Kier alpha value is -4.11. The Kier molecular flexibility index (Phi) is 6.47. The van der Waals surface area contributed by atoms with Gasteiger partial charge in [0.1, 0.15) is 12.4 Å². The first kappa shape index (κ1) is 21.1. The molecule has 1 aromatic heterocycles. The highest BCUT2D eigenvalue weighted by atomic mass is 32.1. The average molecular weight is 448 g/mol.